The number of benzene rings is 1. The summed E-state index contributed by atoms with van der Waals surface area (Å²) in [6, 6.07) is 4.88. The lowest BCUT2D eigenvalue weighted by molar-refractivity contribution is 0.0979. The molecular weight excluding hydrogens is 229 g/mol. The van der Waals surface area contributed by atoms with Crippen LogP contribution in [0.2, 0.25) is 0 Å². The molecule has 0 aromatic heterocycles. The lowest BCUT2D eigenvalue weighted by Gasteiger charge is -2.29. The Kier molecular flexibility index (Phi) is 4.23. The molecule has 1 aromatic carbocycles. The van der Waals surface area contributed by atoms with E-state index in [0.717, 1.165) is 12.0 Å². The van der Waals surface area contributed by atoms with Gasteiger partial charge in [-0.05, 0) is 49.8 Å². The van der Waals surface area contributed by atoms with Crippen LogP contribution in [0.15, 0.2) is 18.2 Å². The van der Waals surface area contributed by atoms with Crippen LogP contribution in [0.5, 0.6) is 5.75 Å². The van der Waals surface area contributed by atoms with Gasteiger partial charge in [-0.25, -0.2) is 4.39 Å². The molecule has 0 amide bonds. The lowest BCUT2D eigenvalue weighted by atomic mass is 9.88. The van der Waals surface area contributed by atoms with E-state index in [9.17, 15) is 4.39 Å². The summed E-state index contributed by atoms with van der Waals surface area (Å²) < 4.78 is 19.7. The maximum absolute atomic E-state index is 13.9. The summed E-state index contributed by atoms with van der Waals surface area (Å²) in [7, 11) is 0. The monoisotopic (exact) mass is 251 g/mol. The van der Waals surface area contributed by atoms with Gasteiger partial charge in [-0.2, -0.15) is 0 Å². The summed E-state index contributed by atoms with van der Waals surface area (Å²) >= 11 is 0. The first-order valence-electron chi connectivity index (χ1n) is 6.79. The maximum Gasteiger partial charge on any atom is 0.165 e. The number of halogens is 1. The summed E-state index contributed by atoms with van der Waals surface area (Å²) in [5.74, 6) is 0.562. The van der Waals surface area contributed by atoms with Gasteiger partial charge >= 0.3 is 0 Å². The molecule has 18 heavy (non-hydrogen) atoms. The molecule has 3 atom stereocenters. The van der Waals surface area contributed by atoms with Crippen molar-refractivity contribution in [1.82, 2.24) is 0 Å². The SMILES string of the molecule is CC1CCCCC1Oc1ccc([C@@H](C)N)cc1F. The van der Waals surface area contributed by atoms with Crippen molar-refractivity contribution < 1.29 is 9.13 Å². The van der Waals surface area contributed by atoms with Gasteiger partial charge in [-0.15, -0.1) is 0 Å². The zero-order chi connectivity index (χ0) is 13.1. The molecule has 2 rings (SSSR count). The van der Waals surface area contributed by atoms with Crippen molar-refractivity contribution in [3.8, 4) is 5.75 Å². The van der Waals surface area contributed by atoms with Gasteiger partial charge in [-0.1, -0.05) is 19.4 Å². The van der Waals surface area contributed by atoms with Gasteiger partial charge in [0.1, 0.15) is 6.10 Å². The Labute approximate surface area is 108 Å². The zero-order valence-electron chi connectivity index (χ0n) is 11.2. The minimum absolute atomic E-state index is 0.148. The molecule has 0 spiro atoms. The molecule has 100 valence electrons. The number of hydrogen-bond donors (Lipinski definition) is 1. The first kappa shape index (κ1) is 13.3. The normalized spacial score (nSPS) is 25.8. The molecule has 1 aliphatic carbocycles. The highest BCUT2D eigenvalue weighted by Gasteiger charge is 2.23. The van der Waals surface area contributed by atoms with Gasteiger partial charge in [0.25, 0.3) is 0 Å². The predicted molar refractivity (Wildman–Crippen MR) is 71.1 cm³/mol. The second-order valence-corrected chi connectivity index (χ2v) is 5.40. The Morgan fingerprint density at radius 3 is 2.67 bits per heavy atom. The second-order valence-electron chi connectivity index (χ2n) is 5.40. The molecule has 1 aliphatic rings. The molecule has 0 aliphatic heterocycles. The van der Waals surface area contributed by atoms with Gasteiger partial charge in [-0.3, -0.25) is 0 Å². The summed E-state index contributed by atoms with van der Waals surface area (Å²) in [5.41, 5.74) is 6.53. The molecule has 1 saturated carbocycles. The van der Waals surface area contributed by atoms with Crippen LogP contribution in [0.25, 0.3) is 0 Å². The predicted octanol–water partition coefficient (Wildman–Crippen LogP) is 3.80. The summed E-state index contributed by atoms with van der Waals surface area (Å²) in [6.45, 7) is 4.02. The van der Waals surface area contributed by atoms with Crippen molar-refractivity contribution in [2.45, 2.75) is 51.7 Å². The highest BCUT2D eigenvalue weighted by Crippen LogP contribution is 2.30. The number of ether oxygens (including phenoxy) is 1. The Balaban J connectivity index is 2.09. The number of nitrogens with two attached hydrogens (primary N) is 1. The number of hydrogen-bond acceptors (Lipinski definition) is 2. The minimum atomic E-state index is -0.303. The minimum Gasteiger partial charge on any atom is -0.487 e. The molecule has 1 aromatic rings. The summed E-state index contributed by atoms with van der Waals surface area (Å²) in [6.07, 6.45) is 4.77. The van der Waals surface area contributed by atoms with Crippen molar-refractivity contribution in [1.29, 1.82) is 0 Å². The second kappa shape index (κ2) is 5.70. The first-order valence-corrected chi connectivity index (χ1v) is 6.79. The smallest absolute Gasteiger partial charge is 0.165 e. The third-order valence-electron chi connectivity index (χ3n) is 3.79. The maximum atomic E-state index is 13.9. The Hall–Kier alpha value is -1.09. The quantitative estimate of drug-likeness (QED) is 0.886. The lowest BCUT2D eigenvalue weighted by Crippen LogP contribution is -2.28. The van der Waals surface area contributed by atoms with Crippen molar-refractivity contribution in [3.05, 3.63) is 29.6 Å². The highest BCUT2D eigenvalue weighted by atomic mass is 19.1. The van der Waals surface area contributed by atoms with E-state index in [4.69, 9.17) is 10.5 Å². The third kappa shape index (κ3) is 3.02. The summed E-state index contributed by atoms with van der Waals surface area (Å²) in [4.78, 5) is 0. The molecule has 0 radical (unpaired) electrons. The topological polar surface area (TPSA) is 35.2 Å². The standard InChI is InChI=1S/C15H22FNO/c1-10-5-3-4-6-14(10)18-15-8-7-12(11(2)17)9-13(15)16/h7-11,14H,3-6,17H2,1-2H3/t10?,11-,14?/m1/s1. The summed E-state index contributed by atoms with van der Waals surface area (Å²) in [5, 5.41) is 0. The van der Waals surface area contributed by atoms with Crippen molar-refractivity contribution in [3.63, 3.8) is 0 Å². The van der Waals surface area contributed by atoms with Crippen LogP contribution in [0.1, 0.15) is 51.1 Å². The van der Waals surface area contributed by atoms with Crippen LogP contribution in [0.4, 0.5) is 4.39 Å². The fourth-order valence-corrected chi connectivity index (χ4v) is 2.52. The highest BCUT2D eigenvalue weighted by molar-refractivity contribution is 5.31. The Morgan fingerprint density at radius 2 is 2.06 bits per heavy atom. The molecule has 2 N–H and O–H groups in total. The van der Waals surface area contributed by atoms with Gasteiger partial charge < -0.3 is 10.5 Å². The zero-order valence-corrected chi connectivity index (χ0v) is 11.2. The molecule has 0 bridgehead atoms. The van der Waals surface area contributed by atoms with Crippen molar-refractivity contribution >= 4 is 0 Å². The van der Waals surface area contributed by atoms with E-state index in [-0.39, 0.29) is 18.0 Å². The third-order valence-corrected chi connectivity index (χ3v) is 3.79. The number of rotatable bonds is 3. The molecule has 3 heteroatoms. The molecule has 1 fully saturated rings. The fourth-order valence-electron chi connectivity index (χ4n) is 2.52. The average Bonchev–Trinajstić information content (AvgIpc) is 2.34. The van der Waals surface area contributed by atoms with E-state index in [2.05, 4.69) is 6.92 Å². The van der Waals surface area contributed by atoms with Crippen molar-refractivity contribution in [2.24, 2.45) is 11.7 Å². The van der Waals surface area contributed by atoms with Crippen LogP contribution in [-0.2, 0) is 0 Å². The van der Waals surface area contributed by atoms with E-state index >= 15 is 0 Å². The Bertz CT molecular complexity index is 405. The molecule has 0 heterocycles. The molecule has 2 nitrogen and oxygen atoms in total. The van der Waals surface area contributed by atoms with E-state index < -0.39 is 0 Å². The van der Waals surface area contributed by atoms with E-state index in [1.165, 1.54) is 25.3 Å². The van der Waals surface area contributed by atoms with E-state index in [1.54, 1.807) is 6.07 Å². The van der Waals surface area contributed by atoms with Crippen LogP contribution in [0.3, 0.4) is 0 Å². The van der Waals surface area contributed by atoms with Gasteiger partial charge in [0.15, 0.2) is 11.6 Å². The van der Waals surface area contributed by atoms with Gasteiger partial charge in [0.2, 0.25) is 0 Å². The van der Waals surface area contributed by atoms with Crippen LogP contribution in [0, 0.1) is 11.7 Å². The Morgan fingerprint density at radius 1 is 1.33 bits per heavy atom. The van der Waals surface area contributed by atoms with Crippen LogP contribution in [-0.4, -0.2) is 6.10 Å². The molecule has 0 saturated heterocycles. The van der Waals surface area contributed by atoms with E-state index in [0.29, 0.717) is 11.7 Å². The average molecular weight is 251 g/mol. The van der Waals surface area contributed by atoms with E-state index in [1.807, 2.05) is 13.0 Å². The van der Waals surface area contributed by atoms with Crippen LogP contribution < -0.4 is 10.5 Å². The fraction of sp³-hybridized carbons (Fsp3) is 0.600. The van der Waals surface area contributed by atoms with Gasteiger partial charge in [0, 0.05) is 6.04 Å². The van der Waals surface area contributed by atoms with Crippen LogP contribution >= 0.6 is 0 Å². The van der Waals surface area contributed by atoms with Gasteiger partial charge in [0.05, 0.1) is 0 Å². The molecular formula is C15H22FNO. The van der Waals surface area contributed by atoms with Crippen molar-refractivity contribution in [2.75, 3.05) is 0 Å². The largest absolute Gasteiger partial charge is 0.487 e. The molecule has 2 unspecified atom stereocenters. The first-order chi connectivity index (χ1) is 8.58.